The SMILES string of the molecule is CCOc1nc(Nc2ccc([C@H](C)N3CCOCC3)cc2F)nc2[nH]ccc12. The van der Waals surface area contributed by atoms with E-state index in [1.165, 1.54) is 0 Å². The number of hydrogen-bond donors (Lipinski definition) is 2. The summed E-state index contributed by atoms with van der Waals surface area (Å²) in [5.41, 5.74) is 1.89. The Balaban J connectivity index is 1.56. The summed E-state index contributed by atoms with van der Waals surface area (Å²) in [4.78, 5) is 14.1. The second-order valence-corrected chi connectivity index (χ2v) is 6.71. The molecular weight excluding hydrogens is 361 g/mol. The van der Waals surface area contributed by atoms with Gasteiger partial charge in [0, 0.05) is 25.3 Å². The predicted molar refractivity (Wildman–Crippen MR) is 106 cm³/mol. The smallest absolute Gasteiger partial charge is 0.232 e. The first-order chi connectivity index (χ1) is 13.7. The minimum Gasteiger partial charge on any atom is -0.477 e. The van der Waals surface area contributed by atoms with Gasteiger partial charge in [-0.05, 0) is 37.6 Å². The molecule has 0 spiro atoms. The molecule has 0 saturated carbocycles. The molecule has 2 N–H and O–H groups in total. The molecule has 4 rings (SSSR count). The van der Waals surface area contributed by atoms with Crippen LogP contribution < -0.4 is 10.1 Å². The van der Waals surface area contributed by atoms with Crippen LogP contribution >= 0.6 is 0 Å². The van der Waals surface area contributed by atoms with Gasteiger partial charge in [-0.2, -0.15) is 9.97 Å². The fourth-order valence-corrected chi connectivity index (χ4v) is 3.40. The summed E-state index contributed by atoms with van der Waals surface area (Å²) < 4.78 is 25.7. The molecule has 0 bridgehead atoms. The van der Waals surface area contributed by atoms with Crippen molar-refractivity contribution in [3.63, 3.8) is 0 Å². The molecule has 1 saturated heterocycles. The summed E-state index contributed by atoms with van der Waals surface area (Å²) in [6.45, 7) is 7.60. The first-order valence-corrected chi connectivity index (χ1v) is 9.52. The third kappa shape index (κ3) is 3.79. The van der Waals surface area contributed by atoms with E-state index in [4.69, 9.17) is 9.47 Å². The molecule has 1 atom stereocenters. The minimum absolute atomic E-state index is 0.128. The van der Waals surface area contributed by atoms with Gasteiger partial charge in [-0.15, -0.1) is 0 Å². The molecule has 3 aromatic rings. The summed E-state index contributed by atoms with van der Waals surface area (Å²) in [7, 11) is 0. The maximum Gasteiger partial charge on any atom is 0.232 e. The highest BCUT2D eigenvalue weighted by Crippen LogP contribution is 2.28. The maximum atomic E-state index is 14.8. The van der Waals surface area contributed by atoms with Crippen molar-refractivity contribution >= 4 is 22.7 Å². The molecular formula is C20H24FN5O2. The number of anilines is 2. The Bertz CT molecular complexity index is 955. The molecule has 28 heavy (non-hydrogen) atoms. The van der Waals surface area contributed by atoms with Crippen LogP contribution in [0.3, 0.4) is 0 Å². The standard InChI is InChI=1S/C20H24FN5O2/c1-3-28-19-15-6-7-22-18(15)24-20(25-19)23-17-5-4-14(12-16(17)21)13(2)26-8-10-27-11-9-26/h4-7,12-13H,3,8-11H2,1-2H3,(H2,22,23,24,25)/t13-/m0/s1. The number of nitrogens with one attached hydrogen (secondary N) is 2. The van der Waals surface area contributed by atoms with Gasteiger partial charge in [0.25, 0.3) is 0 Å². The van der Waals surface area contributed by atoms with Gasteiger partial charge in [-0.1, -0.05) is 6.07 Å². The van der Waals surface area contributed by atoms with E-state index in [-0.39, 0.29) is 17.8 Å². The van der Waals surface area contributed by atoms with Gasteiger partial charge in [0.1, 0.15) is 11.5 Å². The minimum atomic E-state index is -0.342. The lowest BCUT2D eigenvalue weighted by Crippen LogP contribution is -2.38. The summed E-state index contributed by atoms with van der Waals surface area (Å²) >= 11 is 0. The average Bonchev–Trinajstić information content (AvgIpc) is 3.19. The van der Waals surface area contributed by atoms with Crippen molar-refractivity contribution in [3.8, 4) is 5.88 Å². The number of ether oxygens (including phenoxy) is 2. The van der Waals surface area contributed by atoms with Crippen molar-refractivity contribution in [1.82, 2.24) is 19.9 Å². The van der Waals surface area contributed by atoms with Gasteiger partial charge in [0.2, 0.25) is 11.8 Å². The molecule has 1 fully saturated rings. The maximum absolute atomic E-state index is 14.8. The fourth-order valence-electron chi connectivity index (χ4n) is 3.40. The van der Waals surface area contributed by atoms with Gasteiger partial charge in [-0.3, -0.25) is 4.90 Å². The Hall–Kier alpha value is -2.71. The Morgan fingerprint density at radius 2 is 2.11 bits per heavy atom. The molecule has 0 aliphatic carbocycles. The number of hydrogen-bond acceptors (Lipinski definition) is 6. The lowest BCUT2D eigenvalue weighted by Gasteiger charge is -2.32. The normalized spacial score (nSPS) is 16.2. The number of aromatic amines is 1. The molecule has 0 amide bonds. The number of H-pyrrole nitrogens is 1. The van der Waals surface area contributed by atoms with Crippen molar-refractivity contribution in [2.75, 3.05) is 38.2 Å². The van der Waals surface area contributed by atoms with Crippen LogP contribution in [-0.4, -0.2) is 52.8 Å². The van der Waals surface area contributed by atoms with E-state index in [2.05, 4.69) is 32.1 Å². The zero-order chi connectivity index (χ0) is 19.5. The van der Waals surface area contributed by atoms with Crippen LogP contribution in [-0.2, 0) is 4.74 Å². The summed E-state index contributed by atoms with van der Waals surface area (Å²) in [5, 5.41) is 3.76. The number of fused-ring (bicyclic) bond motifs is 1. The lowest BCUT2D eigenvalue weighted by molar-refractivity contribution is 0.0198. The summed E-state index contributed by atoms with van der Waals surface area (Å²) in [6, 6.07) is 7.21. The van der Waals surface area contributed by atoms with Gasteiger partial charge < -0.3 is 19.8 Å². The lowest BCUT2D eigenvalue weighted by atomic mass is 10.1. The largest absolute Gasteiger partial charge is 0.477 e. The third-order valence-electron chi connectivity index (χ3n) is 4.98. The summed E-state index contributed by atoms with van der Waals surface area (Å²) in [5.74, 6) is 0.409. The molecule has 1 aliphatic rings. The molecule has 148 valence electrons. The van der Waals surface area contributed by atoms with Crippen molar-refractivity contribution < 1.29 is 13.9 Å². The van der Waals surface area contributed by atoms with Gasteiger partial charge in [-0.25, -0.2) is 4.39 Å². The number of aromatic nitrogens is 3. The van der Waals surface area contributed by atoms with Crippen molar-refractivity contribution in [3.05, 3.63) is 41.8 Å². The van der Waals surface area contributed by atoms with E-state index in [1.807, 2.05) is 19.1 Å². The zero-order valence-corrected chi connectivity index (χ0v) is 16.0. The van der Waals surface area contributed by atoms with Crippen molar-refractivity contribution in [2.24, 2.45) is 0 Å². The van der Waals surface area contributed by atoms with Gasteiger partial charge >= 0.3 is 0 Å². The molecule has 0 radical (unpaired) electrons. The average molecular weight is 385 g/mol. The molecule has 3 heterocycles. The highest BCUT2D eigenvalue weighted by molar-refractivity contribution is 5.82. The van der Waals surface area contributed by atoms with Gasteiger partial charge in [0.05, 0.1) is 30.9 Å². The molecule has 7 nitrogen and oxygen atoms in total. The number of morpholine rings is 1. The monoisotopic (exact) mass is 385 g/mol. The molecule has 8 heteroatoms. The van der Waals surface area contributed by atoms with E-state index in [0.29, 0.717) is 37.0 Å². The highest BCUT2D eigenvalue weighted by atomic mass is 19.1. The van der Waals surface area contributed by atoms with Crippen LogP contribution in [0, 0.1) is 5.82 Å². The highest BCUT2D eigenvalue weighted by Gasteiger charge is 2.20. The van der Waals surface area contributed by atoms with E-state index in [0.717, 1.165) is 24.0 Å². The van der Waals surface area contributed by atoms with Crippen molar-refractivity contribution in [2.45, 2.75) is 19.9 Å². The van der Waals surface area contributed by atoms with Crippen LogP contribution in [0.1, 0.15) is 25.5 Å². The number of rotatable bonds is 6. The third-order valence-corrected chi connectivity index (χ3v) is 4.98. The molecule has 2 aromatic heterocycles. The number of benzene rings is 1. The number of nitrogens with zero attached hydrogens (tertiary/aromatic N) is 3. The van der Waals surface area contributed by atoms with Crippen molar-refractivity contribution in [1.29, 1.82) is 0 Å². The second-order valence-electron chi connectivity index (χ2n) is 6.71. The molecule has 1 aliphatic heterocycles. The van der Waals surface area contributed by atoms with E-state index in [1.54, 1.807) is 18.3 Å². The predicted octanol–water partition coefficient (Wildman–Crippen LogP) is 3.63. The van der Waals surface area contributed by atoms with E-state index in [9.17, 15) is 4.39 Å². The van der Waals surface area contributed by atoms with Crippen LogP contribution in [0.25, 0.3) is 11.0 Å². The first-order valence-electron chi connectivity index (χ1n) is 9.52. The molecule has 1 aromatic carbocycles. The Labute approximate surface area is 162 Å². The van der Waals surface area contributed by atoms with E-state index >= 15 is 0 Å². The fraction of sp³-hybridized carbons (Fsp3) is 0.400. The Morgan fingerprint density at radius 3 is 2.86 bits per heavy atom. The second kappa shape index (κ2) is 8.12. The van der Waals surface area contributed by atoms with E-state index < -0.39 is 0 Å². The van der Waals surface area contributed by atoms with Crippen LogP contribution in [0.5, 0.6) is 5.88 Å². The Morgan fingerprint density at radius 1 is 1.29 bits per heavy atom. The van der Waals surface area contributed by atoms with Crippen LogP contribution in [0.15, 0.2) is 30.5 Å². The Kier molecular flexibility index (Phi) is 5.40. The summed E-state index contributed by atoms with van der Waals surface area (Å²) in [6.07, 6.45) is 1.77. The number of halogens is 1. The van der Waals surface area contributed by atoms with Crippen LogP contribution in [0.2, 0.25) is 0 Å². The van der Waals surface area contributed by atoms with Gasteiger partial charge in [0.15, 0.2) is 0 Å². The molecule has 0 unspecified atom stereocenters. The quantitative estimate of drug-likeness (QED) is 0.675. The zero-order valence-electron chi connectivity index (χ0n) is 16.0. The first kappa shape index (κ1) is 18.6. The van der Waals surface area contributed by atoms with Crippen LogP contribution in [0.4, 0.5) is 16.0 Å². The topological polar surface area (TPSA) is 75.3 Å².